The molecule has 21 heavy (non-hydrogen) atoms. The van der Waals surface area contributed by atoms with Gasteiger partial charge in [0.25, 0.3) is 0 Å². The Morgan fingerprint density at radius 2 is 1.33 bits per heavy atom. The highest BCUT2D eigenvalue weighted by Gasteiger charge is 2.12. The third kappa shape index (κ3) is 9.91. The van der Waals surface area contributed by atoms with Crippen molar-refractivity contribution < 1.29 is 9.59 Å². The highest BCUT2D eigenvalue weighted by molar-refractivity contribution is 5.71. The average molecular weight is 302 g/mol. The fourth-order valence-corrected chi connectivity index (χ4v) is 2.07. The lowest BCUT2D eigenvalue weighted by molar-refractivity contribution is 0.185. The number of hydrogen-bond acceptors (Lipinski definition) is 4. The Kier molecular flexibility index (Phi) is 10.3. The maximum Gasteiger partial charge on any atom is 0.329 e. The number of carbonyl (C=O) groups is 2. The third-order valence-corrected chi connectivity index (χ3v) is 3.53. The van der Waals surface area contributed by atoms with E-state index in [1.165, 1.54) is 0 Å². The highest BCUT2D eigenvalue weighted by atomic mass is 16.2. The van der Waals surface area contributed by atoms with E-state index in [4.69, 9.17) is 23.2 Å². The monoisotopic (exact) mass is 302 g/mol. The molecule has 0 heterocycles. The molecule has 0 saturated carbocycles. The highest BCUT2D eigenvalue weighted by Crippen LogP contribution is 2.11. The minimum atomic E-state index is -0.590. The van der Waals surface area contributed by atoms with E-state index in [1.54, 1.807) is 0 Å². The van der Waals surface area contributed by atoms with Gasteiger partial charge in [0.1, 0.15) is 0 Å². The van der Waals surface area contributed by atoms with E-state index in [-0.39, 0.29) is 6.04 Å². The number of amides is 4. The minimum Gasteiger partial charge on any atom is -0.350 e. The first kappa shape index (κ1) is 19.5. The number of nitrogens with zero attached hydrogens (tertiary/aromatic N) is 2. The van der Waals surface area contributed by atoms with Crippen LogP contribution >= 0.6 is 0 Å². The van der Waals surface area contributed by atoms with Gasteiger partial charge in [-0.1, -0.05) is 38.5 Å². The zero-order chi connectivity index (χ0) is 16.3. The van der Waals surface area contributed by atoms with Gasteiger partial charge in [-0.05, 0) is 19.8 Å². The molecule has 8 nitrogen and oxygen atoms in total. The maximum absolute atomic E-state index is 10.8. The molecule has 0 saturated heterocycles. The smallest absolute Gasteiger partial charge is 0.329 e. The van der Waals surface area contributed by atoms with Gasteiger partial charge in [0.15, 0.2) is 0 Å². The summed E-state index contributed by atoms with van der Waals surface area (Å²) < 4.78 is 0. The van der Waals surface area contributed by atoms with Crippen LogP contribution in [0.2, 0.25) is 0 Å². The van der Waals surface area contributed by atoms with E-state index in [0.717, 1.165) is 61.4 Å². The molecule has 0 aromatic carbocycles. The van der Waals surface area contributed by atoms with Crippen LogP contribution in [-0.2, 0) is 0 Å². The Morgan fingerprint density at radius 3 is 1.81 bits per heavy atom. The van der Waals surface area contributed by atoms with Crippen molar-refractivity contribution in [2.45, 2.75) is 64.3 Å². The van der Waals surface area contributed by atoms with Crippen LogP contribution < -0.4 is 23.2 Å². The van der Waals surface area contributed by atoms with E-state index in [1.807, 2.05) is 6.92 Å². The summed E-state index contributed by atoms with van der Waals surface area (Å²) in [7, 11) is 0. The van der Waals surface area contributed by atoms with Crippen molar-refractivity contribution >= 4 is 12.1 Å². The Labute approximate surface area is 126 Å². The largest absolute Gasteiger partial charge is 0.350 e. The standard InChI is InChI=1S/C13H30N6O2/c1-11(19(17)13(15)21)9-7-5-3-2-4-6-8-10-18(16)12(14)20/h11H,2-10,16-17H2,1H3,(H2,14,20)(H2,15,21). The summed E-state index contributed by atoms with van der Waals surface area (Å²) in [5.41, 5.74) is 10.1. The van der Waals surface area contributed by atoms with Crippen LogP contribution in [0.4, 0.5) is 9.59 Å². The van der Waals surface area contributed by atoms with Crippen LogP contribution in [0.25, 0.3) is 0 Å². The van der Waals surface area contributed by atoms with Gasteiger partial charge in [-0.15, -0.1) is 0 Å². The summed E-state index contributed by atoms with van der Waals surface area (Å²) in [6.07, 6.45) is 8.33. The van der Waals surface area contributed by atoms with E-state index in [2.05, 4.69) is 0 Å². The Morgan fingerprint density at radius 1 is 0.857 bits per heavy atom. The van der Waals surface area contributed by atoms with Crippen LogP contribution in [0, 0.1) is 0 Å². The summed E-state index contributed by atoms with van der Waals surface area (Å²) in [6, 6.07) is -1.20. The Balaban J connectivity index is 3.37. The molecule has 0 aromatic heterocycles. The average Bonchev–Trinajstić information content (AvgIpc) is 2.43. The number of primary amides is 2. The van der Waals surface area contributed by atoms with E-state index in [9.17, 15) is 9.59 Å². The lowest BCUT2D eigenvalue weighted by atomic mass is 10.1. The molecule has 0 aromatic rings. The predicted molar refractivity (Wildman–Crippen MR) is 82.5 cm³/mol. The molecule has 0 radical (unpaired) electrons. The number of unbranched alkanes of at least 4 members (excludes halogenated alkanes) is 6. The van der Waals surface area contributed by atoms with E-state index in [0.29, 0.717) is 6.54 Å². The third-order valence-electron chi connectivity index (χ3n) is 3.53. The van der Waals surface area contributed by atoms with Gasteiger partial charge >= 0.3 is 12.1 Å². The number of nitrogens with two attached hydrogens (primary N) is 4. The molecule has 0 bridgehead atoms. The summed E-state index contributed by atoms with van der Waals surface area (Å²) in [5.74, 6) is 10.9. The normalized spacial score (nSPS) is 12.0. The minimum absolute atomic E-state index is 0.0214. The number of urea groups is 2. The van der Waals surface area contributed by atoms with Crippen LogP contribution in [0.5, 0.6) is 0 Å². The molecular formula is C13H30N6O2. The van der Waals surface area contributed by atoms with Crippen LogP contribution in [0.15, 0.2) is 0 Å². The van der Waals surface area contributed by atoms with Gasteiger partial charge < -0.3 is 11.5 Å². The molecule has 0 rings (SSSR count). The SMILES string of the molecule is CC(CCCCCCCCCN(N)C(N)=O)N(N)C(N)=O. The van der Waals surface area contributed by atoms with Crippen molar-refractivity contribution in [3.8, 4) is 0 Å². The first-order chi connectivity index (χ1) is 9.86. The topological polar surface area (TPSA) is 145 Å². The summed E-state index contributed by atoms with van der Waals surface area (Å²) in [4.78, 5) is 21.5. The van der Waals surface area contributed by atoms with E-state index >= 15 is 0 Å². The fourth-order valence-electron chi connectivity index (χ4n) is 2.07. The lowest BCUT2D eigenvalue weighted by Crippen LogP contribution is -2.47. The van der Waals surface area contributed by atoms with Crippen molar-refractivity contribution in [2.75, 3.05) is 6.54 Å². The zero-order valence-corrected chi connectivity index (χ0v) is 13.0. The lowest BCUT2D eigenvalue weighted by Gasteiger charge is -2.21. The van der Waals surface area contributed by atoms with Crippen molar-refractivity contribution in [1.29, 1.82) is 0 Å². The van der Waals surface area contributed by atoms with Crippen LogP contribution in [0.3, 0.4) is 0 Å². The second-order valence-electron chi connectivity index (χ2n) is 5.39. The quantitative estimate of drug-likeness (QED) is 0.195. The summed E-state index contributed by atoms with van der Waals surface area (Å²) in [6.45, 7) is 2.40. The number of carbonyl (C=O) groups excluding carboxylic acids is 2. The molecule has 0 spiro atoms. The fraction of sp³-hybridized carbons (Fsp3) is 0.846. The molecule has 8 N–H and O–H groups in total. The molecule has 0 aliphatic heterocycles. The van der Waals surface area contributed by atoms with Crippen LogP contribution in [0.1, 0.15) is 58.3 Å². The van der Waals surface area contributed by atoms with E-state index < -0.39 is 12.1 Å². The van der Waals surface area contributed by atoms with Gasteiger partial charge in [-0.25, -0.2) is 21.3 Å². The second-order valence-corrected chi connectivity index (χ2v) is 5.39. The molecule has 1 unspecified atom stereocenters. The number of hydrogen-bond donors (Lipinski definition) is 4. The molecule has 1 atom stereocenters. The predicted octanol–water partition coefficient (Wildman–Crippen LogP) is 1.00. The van der Waals surface area contributed by atoms with Crippen molar-refractivity contribution in [1.82, 2.24) is 10.0 Å². The Hall–Kier alpha value is -1.54. The molecule has 0 aliphatic rings. The Bertz CT molecular complexity index is 313. The first-order valence-electron chi connectivity index (χ1n) is 7.51. The molecular weight excluding hydrogens is 272 g/mol. The molecule has 4 amide bonds. The summed E-state index contributed by atoms with van der Waals surface area (Å²) >= 11 is 0. The van der Waals surface area contributed by atoms with Gasteiger partial charge in [-0.2, -0.15) is 0 Å². The first-order valence-corrected chi connectivity index (χ1v) is 7.51. The van der Waals surface area contributed by atoms with Crippen molar-refractivity contribution in [3.05, 3.63) is 0 Å². The van der Waals surface area contributed by atoms with Crippen molar-refractivity contribution in [2.24, 2.45) is 23.2 Å². The van der Waals surface area contributed by atoms with Gasteiger partial charge in [-0.3, -0.25) is 10.0 Å². The molecule has 0 aliphatic carbocycles. The van der Waals surface area contributed by atoms with Crippen molar-refractivity contribution in [3.63, 3.8) is 0 Å². The number of hydrazine groups is 2. The van der Waals surface area contributed by atoms with Gasteiger partial charge in [0, 0.05) is 12.6 Å². The van der Waals surface area contributed by atoms with Gasteiger partial charge in [0.05, 0.1) is 0 Å². The molecule has 8 heteroatoms. The number of rotatable bonds is 11. The second kappa shape index (κ2) is 11.2. The molecule has 124 valence electrons. The van der Waals surface area contributed by atoms with Crippen LogP contribution in [-0.4, -0.2) is 34.7 Å². The zero-order valence-electron chi connectivity index (χ0n) is 13.0. The molecule has 0 fully saturated rings. The maximum atomic E-state index is 10.8. The van der Waals surface area contributed by atoms with Gasteiger partial charge in [0.2, 0.25) is 0 Å². The summed E-state index contributed by atoms with van der Waals surface area (Å²) in [5, 5.41) is 2.12.